The zero-order valence-corrected chi connectivity index (χ0v) is 11.2. The molecule has 0 aliphatic carbocycles. The standard InChI is InChI=1S/C12H8Cl2N2O3/c1-6(16-18)19-12(17)10-9(14)3-2-7-4-8(13)5-15-11(7)10/h2-5,18H,1H3. The molecule has 2 aromatic rings. The predicted octanol–water partition coefficient (Wildman–Crippen LogP) is 3.51. The van der Waals surface area contributed by atoms with Crippen molar-refractivity contribution in [2.45, 2.75) is 6.92 Å². The third-order valence-electron chi connectivity index (χ3n) is 2.35. The van der Waals surface area contributed by atoms with Gasteiger partial charge in [-0.2, -0.15) is 0 Å². The fourth-order valence-corrected chi connectivity index (χ4v) is 1.95. The van der Waals surface area contributed by atoms with Gasteiger partial charge >= 0.3 is 5.97 Å². The first-order valence-corrected chi connectivity index (χ1v) is 5.93. The zero-order valence-electron chi connectivity index (χ0n) is 9.72. The lowest BCUT2D eigenvalue weighted by atomic mass is 10.1. The number of esters is 1. The molecule has 2 rings (SSSR count). The van der Waals surface area contributed by atoms with Crippen LogP contribution in [0.25, 0.3) is 10.9 Å². The molecule has 0 fully saturated rings. The highest BCUT2D eigenvalue weighted by Gasteiger charge is 2.18. The van der Waals surface area contributed by atoms with Crippen LogP contribution in [0.5, 0.6) is 0 Å². The molecule has 1 aromatic carbocycles. The first-order valence-electron chi connectivity index (χ1n) is 5.17. The maximum Gasteiger partial charge on any atom is 0.348 e. The largest absolute Gasteiger partial charge is 0.408 e. The summed E-state index contributed by atoms with van der Waals surface area (Å²) >= 11 is 11.8. The van der Waals surface area contributed by atoms with E-state index in [2.05, 4.69) is 10.1 Å². The number of oxime groups is 1. The Balaban J connectivity index is 2.58. The molecule has 5 nitrogen and oxygen atoms in total. The van der Waals surface area contributed by atoms with Crippen molar-refractivity contribution < 1.29 is 14.7 Å². The summed E-state index contributed by atoms with van der Waals surface area (Å²) in [4.78, 5) is 16.0. The highest BCUT2D eigenvalue weighted by molar-refractivity contribution is 6.35. The number of carbonyl (C=O) groups is 1. The lowest BCUT2D eigenvalue weighted by Crippen LogP contribution is -2.11. The summed E-state index contributed by atoms with van der Waals surface area (Å²) in [6.07, 6.45) is 1.41. The molecular formula is C12H8Cl2N2O3. The molecule has 0 atom stereocenters. The third-order valence-corrected chi connectivity index (χ3v) is 2.88. The second kappa shape index (κ2) is 5.42. The molecular weight excluding hydrogens is 291 g/mol. The fourth-order valence-electron chi connectivity index (χ4n) is 1.55. The van der Waals surface area contributed by atoms with Crippen molar-refractivity contribution in [3.05, 3.63) is 40.0 Å². The number of hydrogen-bond acceptors (Lipinski definition) is 5. The van der Waals surface area contributed by atoms with Crippen molar-refractivity contribution >= 4 is 46.0 Å². The Morgan fingerprint density at radius 2 is 2.16 bits per heavy atom. The minimum absolute atomic E-state index is 0.0961. The van der Waals surface area contributed by atoms with Crippen LogP contribution < -0.4 is 0 Å². The maximum atomic E-state index is 12.0. The van der Waals surface area contributed by atoms with Crippen LogP contribution in [0.3, 0.4) is 0 Å². The van der Waals surface area contributed by atoms with Crippen molar-refractivity contribution in [2.75, 3.05) is 0 Å². The van der Waals surface area contributed by atoms with Crippen LogP contribution in [-0.2, 0) is 4.74 Å². The summed E-state index contributed by atoms with van der Waals surface area (Å²) in [7, 11) is 0. The predicted molar refractivity (Wildman–Crippen MR) is 72.1 cm³/mol. The van der Waals surface area contributed by atoms with E-state index in [9.17, 15) is 4.79 Å². The summed E-state index contributed by atoms with van der Waals surface area (Å²) in [5, 5.41) is 12.6. The quantitative estimate of drug-likeness (QED) is 0.287. The van der Waals surface area contributed by atoms with E-state index in [0.717, 1.165) is 0 Å². The van der Waals surface area contributed by atoms with Gasteiger partial charge in [-0.15, -0.1) is 0 Å². The number of aromatic nitrogens is 1. The van der Waals surface area contributed by atoms with Gasteiger partial charge in [0.05, 0.1) is 15.6 Å². The number of carbonyl (C=O) groups excluding carboxylic acids is 1. The normalized spacial score (nSPS) is 11.6. The third kappa shape index (κ3) is 2.77. The second-order valence-electron chi connectivity index (χ2n) is 3.66. The highest BCUT2D eigenvalue weighted by Crippen LogP contribution is 2.27. The Morgan fingerprint density at radius 1 is 1.42 bits per heavy atom. The SMILES string of the molecule is CC(=NO)OC(=O)c1c(Cl)ccc2cc(Cl)cnc12. The Hall–Kier alpha value is -1.85. The van der Waals surface area contributed by atoms with Gasteiger partial charge in [0.1, 0.15) is 5.56 Å². The van der Waals surface area contributed by atoms with Crippen molar-refractivity contribution in [2.24, 2.45) is 5.16 Å². The molecule has 0 saturated carbocycles. The highest BCUT2D eigenvalue weighted by atomic mass is 35.5. The second-order valence-corrected chi connectivity index (χ2v) is 4.50. The average molecular weight is 299 g/mol. The summed E-state index contributed by atoms with van der Waals surface area (Å²) in [5.41, 5.74) is 0.464. The first-order chi connectivity index (χ1) is 9.02. The Morgan fingerprint density at radius 3 is 2.84 bits per heavy atom. The van der Waals surface area contributed by atoms with Crippen molar-refractivity contribution in [3.63, 3.8) is 0 Å². The molecule has 98 valence electrons. The summed E-state index contributed by atoms with van der Waals surface area (Å²) < 4.78 is 4.81. The molecule has 19 heavy (non-hydrogen) atoms. The molecule has 7 heteroatoms. The van der Waals surface area contributed by atoms with Crippen LogP contribution in [0.1, 0.15) is 17.3 Å². The Kier molecular flexibility index (Phi) is 3.87. The van der Waals surface area contributed by atoms with E-state index in [1.54, 1.807) is 18.2 Å². The monoisotopic (exact) mass is 298 g/mol. The average Bonchev–Trinajstić information content (AvgIpc) is 2.38. The molecule has 0 bridgehead atoms. The molecule has 1 aromatic heterocycles. The van der Waals surface area contributed by atoms with Crippen LogP contribution in [0.2, 0.25) is 10.0 Å². The van der Waals surface area contributed by atoms with Gasteiger partial charge in [-0.05, 0) is 12.1 Å². The van der Waals surface area contributed by atoms with Crippen LogP contribution >= 0.6 is 23.2 Å². The summed E-state index contributed by atoms with van der Waals surface area (Å²) in [5.74, 6) is -0.937. The van der Waals surface area contributed by atoms with Gasteiger partial charge in [-0.3, -0.25) is 4.98 Å². The molecule has 0 radical (unpaired) electrons. The smallest absolute Gasteiger partial charge is 0.348 e. The van der Waals surface area contributed by atoms with E-state index in [1.807, 2.05) is 0 Å². The van der Waals surface area contributed by atoms with Crippen molar-refractivity contribution in [1.29, 1.82) is 0 Å². The van der Waals surface area contributed by atoms with E-state index in [4.69, 9.17) is 33.1 Å². The minimum Gasteiger partial charge on any atom is -0.408 e. The first kappa shape index (κ1) is 13.6. The molecule has 1 N–H and O–H groups in total. The van der Waals surface area contributed by atoms with Gasteiger partial charge in [0.15, 0.2) is 0 Å². The van der Waals surface area contributed by atoms with Crippen molar-refractivity contribution in [1.82, 2.24) is 4.98 Å². The van der Waals surface area contributed by atoms with E-state index < -0.39 is 5.97 Å². The molecule has 0 saturated heterocycles. The van der Waals surface area contributed by atoms with Gasteiger partial charge in [-0.1, -0.05) is 34.4 Å². The molecule has 1 heterocycles. The summed E-state index contributed by atoms with van der Waals surface area (Å²) in [6, 6.07) is 4.90. The lowest BCUT2D eigenvalue weighted by molar-refractivity contribution is 0.0708. The molecule has 0 amide bonds. The zero-order chi connectivity index (χ0) is 14.0. The van der Waals surface area contributed by atoms with E-state index in [1.165, 1.54) is 13.1 Å². The molecule has 0 spiro atoms. The number of benzene rings is 1. The fraction of sp³-hybridized carbons (Fsp3) is 0.0833. The van der Waals surface area contributed by atoms with Crippen molar-refractivity contribution in [3.8, 4) is 0 Å². The van der Waals surface area contributed by atoms with E-state index in [0.29, 0.717) is 15.9 Å². The van der Waals surface area contributed by atoms with Crippen LogP contribution in [0.15, 0.2) is 29.6 Å². The molecule has 0 aliphatic rings. The van der Waals surface area contributed by atoms with E-state index in [-0.39, 0.29) is 16.5 Å². The summed E-state index contributed by atoms with van der Waals surface area (Å²) in [6.45, 7) is 1.33. The Bertz CT molecular complexity index is 686. The number of ether oxygens (including phenoxy) is 1. The van der Waals surface area contributed by atoms with E-state index >= 15 is 0 Å². The van der Waals surface area contributed by atoms with Gasteiger partial charge in [0.2, 0.25) is 5.90 Å². The minimum atomic E-state index is -0.749. The number of pyridine rings is 1. The lowest BCUT2D eigenvalue weighted by Gasteiger charge is -2.07. The van der Waals surface area contributed by atoms with Gasteiger partial charge in [0.25, 0.3) is 0 Å². The number of hydrogen-bond donors (Lipinski definition) is 1. The Labute approximate surface area is 118 Å². The number of fused-ring (bicyclic) bond motifs is 1. The van der Waals surface area contributed by atoms with Gasteiger partial charge in [0, 0.05) is 18.5 Å². The van der Waals surface area contributed by atoms with Crippen LogP contribution in [-0.4, -0.2) is 22.1 Å². The number of nitrogens with zero attached hydrogens (tertiary/aromatic N) is 2. The number of halogens is 2. The maximum absolute atomic E-state index is 12.0. The van der Waals surface area contributed by atoms with Crippen LogP contribution in [0.4, 0.5) is 0 Å². The number of rotatable bonds is 1. The van der Waals surface area contributed by atoms with Gasteiger partial charge < -0.3 is 9.94 Å². The molecule has 0 aliphatic heterocycles. The topological polar surface area (TPSA) is 71.8 Å². The van der Waals surface area contributed by atoms with Crippen LogP contribution in [0, 0.1) is 0 Å². The molecule has 0 unspecified atom stereocenters. The van der Waals surface area contributed by atoms with Gasteiger partial charge in [-0.25, -0.2) is 4.79 Å².